The van der Waals surface area contributed by atoms with Crippen molar-refractivity contribution in [2.45, 2.75) is 17.5 Å². The Morgan fingerprint density at radius 2 is 1.65 bits per heavy atom. The summed E-state index contributed by atoms with van der Waals surface area (Å²) in [5.74, 6) is -0.108. The van der Waals surface area contributed by atoms with Crippen LogP contribution in [0.4, 0.5) is 0 Å². The van der Waals surface area contributed by atoms with Crippen LogP contribution in [0.2, 0.25) is 0 Å². The number of carbonyl (C=O) groups is 2. The van der Waals surface area contributed by atoms with E-state index >= 15 is 0 Å². The van der Waals surface area contributed by atoms with E-state index in [0.717, 1.165) is 11.1 Å². The van der Waals surface area contributed by atoms with Crippen molar-refractivity contribution in [2.24, 2.45) is 5.73 Å². The predicted octanol–water partition coefficient (Wildman–Crippen LogP) is 2.45. The van der Waals surface area contributed by atoms with Crippen molar-refractivity contribution >= 4 is 23.6 Å². The number of thioether (sulfide) groups is 1. The Balaban J connectivity index is 1.61. The van der Waals surface area contributed by atoms with Gasteiger partial charge >= 0.3 is 5.97 Å². The third-order valence-electron chi connectivity index (χ3n) is 4.53. The zero-order valence-corrected chi connectivity index (χ0v) is 14.8. The molecule has 2 aromatic rings. The van der Waals surface area contributed by atoms with E-state index in [1.807, 2.05) is 60.7 Å². The normalized spacial score (nSPS) is 21.7. The molecule has 0 unspecified atom stereocenters. The number of hydrogen-bond donors (Lipinski definition) is 1. The Hall–Kier alpha value is -2.57. The second-order valence-electron chi connectivity index (χ2n) is 6.15. The molecule has 0 radical (unpaired) electrons. The highest BCUT2D eigenvalue weighted by Gasteiger charge is 2.50. The summed E-state index contributed by atoms with van der Waals surface area (Å²) in [7, 11) is 0. The van der Waals surface area contributed by atoms with Gasteiger partial charge in [-0.05, 0) is 17.2 Å². The van der Waals surface area contributed by atoms with Gasteiger partial charge in [0, 0.05) is 5.75 Å². The number of amides is 1. The number of ether oxygens (including phenoxy) is 1. The molecule has 2 heterocycles. The standard InChI is InChI=1S/C20H18N2O3S/c21-16-18(23)22-15(11-12-26-19(16)22)20(24)25-17(13-7-3-1-4-8-13)14-9-5-2-6-10-14/h1-11,16-17,19H,12,21H2/t16-,19-/m1/s1. The van der Waals surface area contributed by atoms with Crippen LogP contribution in [0.5, 0.6) is 0 Å². The van der Waals surface area contributed by atoms with Gasteiger partial charge in [-0.3, -0.25) is 9.69 Å². The van der Waals surface area contributed by atoms with Gasteiger partial charge in [0.05, 0.1) is 0 Å². The fourth-order valence-corrected chi connectivity index (χ4v) is 4.32. The van der Waals surface area contributed by atoms with E-state index in [-0.39, 0.29) is 17.0 Å². The van der Waals surface area contributed by atoms with Crippen LogP contribution in [-0.2, 0) is 14.3 Å². The van der Waals surface area contributed by atoms with Crippen LogP contribution in [0.15, 0.2) is 72.4 Å². The molecule has 0 aliphatic carbocycles. The summed E-state index contributed by atoms with van der Waals surface area (Å²) in [4.78, 5) is 26.4. The molecule has 6 heteroatoms. The van der Waals surface area contributed by atoms with Crippen molar-refractivity contribution in [2.75, 3.05) is 5.75 Å². The maximum Gasteiger partial charge on any atom is 0.355 e. The lowest BCUT2D eigenvalue weighted by Crippen LogP contribution is -2.68. The number of hydrogen-bond acceptors (Lipinski definition) is 5. The molecule has 2 N–H and O–H groups in total. The number of nitrogens with zero attached hydrogens (tertiary/aromatic N) is 1. The number of rotatable bonds is 4. The van der Waals surface area contributed by atoms with E-state index < -0.39 is 18.1 Å². The maximum atomic E-state index is 12.9. The summed E-state index contributed by atoms with van der Waals surface area (Å²) in [6.45, 7) is 0. The van der Waals surface area contributed by atoms with E-state index in [9.17, 15) is 9.59 Å². The highest BCUT2D eigenvalue weighted by Crippen LogP contribution is 2.37. The Kier molecular flexibility index (Phi) is 4.53. The largest absolute Gasteiger partial charge is 0.448 e. The molecule has 132 valence electrons. The van der Waals surface area contributed by atoms with Crippen LogP contribution in [-0.4, -0.2) is 33.9 Å². The third kappa shape index (κ3) is 2.91. The smallest absolute Gasteiger partial charge is 0.355 e. The highest BCUT2D eigenvalue weighted by atomic mass is 32.2. The monoisotopic (exact) mass is 366 g/mol. The van der Waals surface area contributed by atoms with Crippen LogP contribution < -0.4 is 5.73 Å². The molecule has 2 aliphatic heterocycles. The van der Waals surface area contributed by atoms with Gasteiger partial charge in [-0.25, -0.2) is 4.79 Å². The summed E-state index contributed by atoms with van der Waals surface area (Å²) in [5, 5.41) is -0.179. The van der Waals surface area contributed by atoms with Gasteiger partial charge in [-0.2, -0.15) is 0 Å². The first-order chi connectivity index (χ1) is 12.7. The van der Waals surface area contributed by atoms with Crippen LogP contribution in [0, 0.1) is 0 Å². The minimum atomic E-state index is -0.546. The average Bonchev–Trinajstić information content (AvgIpc) is 2.72. The number of nitrogens with two attached hydrogens (primary N) is 1. The minimum Gasteiger partial charge on any atom is -0.448 e. The molecule has 26 heavy (non-hydrogen) atoms. The first-order valence-corrected chi connectivity index (χ1v) is 9.43. The lowest BCUT2D eigenvalue weighted by molar-refractivity contribution is -0.152. The van der Waals surface area contributed by atoms with E-state index in [1.165, 1.54) is 4.90 Å². The topological polar surface area (TPSA) is 72.6 Å². The van der Waals surface area contributed by atoms with E-state index in [0.29, 0.717) is 5.75 Å². The molecule has 2 aliphatic rings. The zero-order valence-electron chi connectivity index (χ0n) is 13.9. The summed E-state index contributed by atoms with van der Waals surface area (Å²) in [5.41, 5.74) is 7.87. The molecular formula is C20H18N2O3S. The van der Waals surface area contributed by atoms with Gasteiger partial charge in [0.25, 0.3) is 0 Å². The predicted molar refractivity (Wildman–Crippen MR) is 100.0 cm³/mol. The molecule has 2 atom stereocenters. The summed E-state index contributed by atoms with van der Waals surface area (Å²) in [6.07, 6.45) is 1.20. The highest BCUT2D eigenvalue weighted by molar-refractivity contribution is 8.00. The molecular weight excluding hydrogens is 348 g/mol. The Morgan fingerprint density at radius 1 is 1.08 bits per heavy atom. The van der Waals surface area contributed by atoms with Crippen molar-refractivity contribution in [3.05, 3.63) is 83.6 Å². The van der Waals surface area contributed by atoms with Crippen molar-refractivity contribution in [1.29, 1.82) is 0 Å². The van der Waals surface area contributed by atoms with Crippen LogP contribution in [0.1, 0.15) is 17.2 Å². The van der Waals surface area contributed by atoms with Crippen molar-refractivity contribution in [3.8, 4) is 0 Å². The minimum absolute atomic E-state index is 0.179. The van der Waals surface area contributed by atoms with Gasteiger partial charge in [0.1, 0.15) is 17.1 Å². The number of β-lactam (4-membered cyclic amide) rings is 1. The number of esters is 1. The molecule has 0 bridgehead atoms. The van der Waals surface area contributed by atoms with Crippen molar-refractivity contribution < 1.29 is 14.3 Å². The van der Waals surface area contributed by atoms with Crippen LogP contribution in [0.3, 0.4) is 0 Å². The Labute approximate surface area is 155 Å². The van der Waals surface area contributed by atoms with Crippen LogP contribution in [0.25, 0.3) is 0 Å². The number of fused-ring (bicyclic) bond motifs is 1. The second kappa shape index (κ2) is 6.97. The summed E-state index contributed by atoms with van der Waals surface area (Å²) >= 11 is 1.55. The molecule has 4 rings (SSSR count). The van der Waals surface area contributed by atoms with Gasteiger partial charge in [-0.15, -0.1) is 11.8 Å². The van der Waals surface area contributed by atoms with Crippen molar-refractivity contribution in [1.82, 2.24) is 4.90 Å². The third-order valence-corrected chi connectivity index (χ3v) is 5.73. The molecule has 0 saturated carbocycles. The maximum absolute atomic E-state index is 12.9. The van der Waals surface area contributed by atoms with Crippen molar-refractivity contribution in [3.63, 3.8) is 0 Å². The molecule has 1 amide bonds. The summed E-state index contributed by atoms with van der Waals surface area (Å²) < 4.78 is 5.85. The second-order valence-corrected chi connectivity index (χ2v) is 7.30. The molecule has 1 fully saturated rings. The summed E-state index contributed by atoms with van der Waals surface area (Å²) in [6, 6.07) is 18.6. The van der Waals surface area contributed by atoms with Gasteiger partial charge in [0.15, 0.2) is 6.10 Å². The van der Waals surface area contributed by atoms with E-state index in [1.54, 1.807) is 17.8 Å². The lowest BCUT2D eigenvalue weighted by Gasteiger charge is -2.47. The average molecular weight is 366 g/mol. The fourth-order valence-electron chi connectivity index (χ4n) is 3.18. The first kappa shape index (κ1) is 16.9. The molecule has 5 nitrogen and oxygen atoms in total. The van der Waals surface area contributed by atoms with E-state index in [2.05, 4.69) is 0 Å². The van der Waals surface area contributed by atoms with Gasteiger partial charge in [0.2, 0.25) is 5.91 Å². The Morgan fingerprint density at radius 3 is 2.23 bits per heavy atom. The number of benzene rings is 2. The van der Waals surface area contributed by atoms with Gasteiger partial charge in [-0.1, -0.05) is 60.7 Å². The van der Waals surface area contributed by atoms with Gasteiger partial charge < -0.3 is 10.5 Å². The quantitative estimate of drug-likeness (QED) is 0.665. The fraction of sp³-hybridized carbons (Fsp3) is 0.200. The SMILES string of the molecule is N[C@@H]1C(=O)N2C(C(=O)OC(c3ccccc3)c3ccccc3)=CCS[C@H]12. The number of carbonyl (C=O) groups excluding carboxylic acids is 2. The lowest BCUT2D eigenvalue weighted by atomic mass is 10.0. The first-order valence-electron chi connectivity index (χ1n) is 8.38. The van der Waals surface area contributed by atoms with E-state index in [4.69, 9.17) is 10.5 Å². The Bertz CT molecular complexity index is 814. The van der Waals surface area contributed by atoms with Crippen LogP contribution >= 0.6 is 11.8 Å². The zero-order chi connectivity index (χ0) is 18.1. The molecule has 2 aromatic carbocycles. The molecule has 0 spiro atoms. The molecule has 1 saturated heterocycles. The molecule has 0 aromatic heterocycles.